The lowest BCUT2D eigenvalue weighted by Gasteiger charge is -2.41. The number of anilines is 1. The third-order valence-corrected chi connectivity index (χ3v) is 5.82. The summed E-state index contributed by atoms with van der Waals surface area (Å²) in [6, 6.07) is 18.2. The third-order valence-electron chi connectivity index (χ3n) is 5.82. The number of aliphatic hydroxyl groups is 1. The number of benzene rings is 3. The topological polar surface area (TPSA) is 41.5 Å². The van der Waals surface area contributed by atoms with Crippen molar-refractivity contribution < 1.29 is 14.2 Å². The number of hydrogen-bond acceptors (Lipinski definition) is 3. The van der Waals surface area contributed by atoms with Crippen LogP contribution in [0.15, 0.2) is 66.7 Å². The Kier molecular flexibility index (Phi) is 4.06. The highest BCUT2D eigenvalue weighted by atomic mass is 19.1. The quantitative estimate of drug-likeness (QED) is 0.563. The minimum atomic E-state index is -1.58. The van der Waals surface area contributed by atoms with Crippen molar-refractivity contribution in [2.75, 3.05) is 5.32 Å². The van der Waals surface area contributed by atoms with E-state index in [0.717, 1.165) is 28.0 Å². The van der Waals surface area contributed by atoms with E-state index in [-0.39, 0.29) is 17.8 Å². The van der Waals surface area contributed by atoms with Gasteiger partial charge in [-0.3, -0.25) is 0 Å². The Morgan fingerprint density at radius 1 is 1.00 bits per heavy atom. The van der Waals surface area contributed by atoms with Crippen LogP contribution in [0.5, 0.6) is 5.75 Å². The summed E-state index contributed by atoms with van der Waals surface area (Å²) < 4.78 is 20.3. The molecule has 3 aromatic carbocycles. The van der Waals surface area contributed by atoms with Crippen LogP contribution in [0, 0.1) is 5.82 Å². The molecule has 0 amide bonds. The van der Waals surface area contributed by atoms with Crippen molar-refractivity contribution in [2.24, 2.45) is 0 Å². The minimum absolute atomic E-state index is 0.206. The van der Waals surface area contributed by atoms with Crippen molar-refractivity contribution >= 4 is 11.3 Å². The minimum Gasteiger partial charge on any atom is -0.457 e. The Labute approximate surface area is 175 Å². The Bertz CT molecular complexity index is 1180. The second-order valence-corrected chi connectivity index (χ2v) is 8.77. The molecule has 2 heterocycles. The molecule has 152 valence electrons. The zero-order valence-corrected chi connectivity index (χ0v) is 17.3. The molecular weight excluding hydrogens is 377 g/mol. The van der Waals surface area contributed by atoms with Crippen LogP contribution in [0.3, 0.4) is 0 Å². The molecule has 0 radical (unpaired) electrons. The van der Waals surface area contributed by atoms with Gasteiger partial charge in [-0.25, -0.2) is 4.39 Å². The van der Waals surface area contributed by atoms with Crippen molar-refractivity contribution in [3.63, 3.8) is 0 Å². The smallest absolute Gasteiger partial charge is 0.240 e. The molecule has 1 unspecified atom stereocenters. The highest BCUT2D eigenvalue weighted by molar-refractivity contribution is 5.90. The molecule has 4 heteroatoms. The number of allylic oxidation sites excluding steroid dienone is 1. The fourth-order valence-corrected chi connectivity index (χ4v) is 4.77. The molecule has 0 spiro atoms. The fourth-order valence-electron chi connectivity index (χ4n) is 4.77. The van der Waals surface area contributed by atoms with E-state index in [1.807, 2.05) is 49.4 Å². The molecule has 1 atom stereocenters. The van der Waals surface area contributed by atoms with Gasteiger partial charge in [0.2, 0.25) is 5.79 Å². The lowest BCUT2D eigenvalue weighted by Crippen LogP contribution is -2.41. The van der Waals surface area contributed by atoms with Crippen molar-refractivity contribution in [1.82, 2.24) is 0 Å². The van der Waals surface area contributed by atoms with Gasteiger partial charge < -0.3 is 15.2 Å². The first-order valence-electron chi connectivity index (χ1n) is 10.2. The second kappa shape index (κ2) is 6.44. The zero-order chi connectivity index (χ0) is 21.1. The summed E-state index contributed by atoms with van der Waals surface area (Å²) in [5.74, 6) is -1.43. The van der Waals surface area contributed by atoms with Crippen LogP contribution in [0.4, 0.5) is 10.1 Å². The van der Waals surface area contributed by atoms with Crippen molar-refractivity contribution in [1.29, 1.82) is 0 Å². The lowest BCUT2D eigenvalue weighted by atomic mass is 9.79. The first-order chi connectivity index (χ1) is 14.3. The number of fused-ring (bicyclic) bond motifs is 5. The van der Waals surface area contributed by atoms with Crippen LogP contribution >= 0.6 is 0 Å². The van der Waals surface area contributed by atoms with Crippen LogP contribution in [-0.2, 0) is 12.2 Å². The van der Waals surface area contributed by atoms with E-state index in [2.05, 4.69) is 25.2 Å². The monoisotopic (exact) mass is 401 g/mol. The summed E-state index contributed by atoms with van der Waals surface area (Å²) in [5, 5.41) is 15.5. The van der Waals surface area contributed by atoms with Gasteiger partial charge in [-0.05, 0) is 61.7 Å². The van der Waals surface area contributed by atoms with Crippen molar-refractivity contribution in [3.8, 4) is 16.9 Å². The summed E-state index contributed by atoms with van der Waals surface area (Å²) in [6.07, 6.45) is 2.43. The maximum absolute atomic E-state index is 14.1. The first kappa shape index (κ1) is 18.9. The first-order valence-corrected chi connectivity index (χ1v) is 10.2. The highest BCUT2D eigenvalue weighted by Crippen LogP contribution is 2.51. The average molecular weight is 401 g/mol. The molecular formula is C26H24FNO2. The Morgan fingerprint density at radius 3 is 2.53 bits per heavy atom. The second-order valence-electron chi connectivity index (χ2n) is 8.77. The molecule has 3 nitrogen and oxygen atoms in total. The standard InChI is InChI=1S/C26H24FNO2/c1-16-14-25(2,3)28-21-11-10-19-20-13-18(27)9-12-22(20)30-26(29,24(19)23(16)21)15-17-7-5-4-6-8-17/h4-14,28-29H,15H2,1-3H3. The normalized spacial score (nSPS) is 20.8. The zero-order valence-electron chi connectivity index (χ0n) is 17.3. The summed E-state index contributed by atoms with van der Waals surface area (Å²) in [7, 11) is 0. The van der Waals surface area contributed by atoms with E-state index in [1.165, 1.54) is 12.1 Å². The average Bonchev–Trinajstić information content (AvgIpc) is 2.68. The molecule has 2 N–H and O–H groups in total. The number of rotatable bonds is 2. The maximum atomic E-state index is 14.1. The van der Waals surface area contributed by atoms with Gasteiger partial charge in [0.05, 0.1) is 5.54 Å². The Balaban J connectivity index is 1.78. The van der Waals surface area contributed by atoms with E-state index in [0.29, 0.717) is 16.9 Å². The molecule has 2 aliphatic heterocycles. The van der Waals surface area contributed by atoms with Gasteiger partial charge in [0.15, 0.2) is 0 Å². The molecule has 5 rings (SSSR count). The number of hydrogen-bond donors (Lipinski definition) is 2. The summed E-state index contributed by atoms with van der Waals surface area (Å²) in [6.45, 7) is 6.26. The van der Waals surface area contributed by atoms with Gasteiger partial charge >= 0.3 is 0 Å². The molecule has 0 bridgehead atoms. The fraction of sp³-hybridized carbons (Fsp3) is 0.231. The van der Waals surface area contributed by atoms with Gasteiger partial charge in [0.25, 0.3) is 0 Å². The van der Waals surface area contributed by atoms with Crippen molar-refractivity contribution in [3.05, 3.63) is 89.2 Å². The predicted molar refractivity (Wildman–Crippen MR) is 118 cm³/mol. The van der Waals surface area contributed by atoms with Gasteiger partial charge in [0, 0.05) is 28.8 Å². The van der Waals surface area contributed by atoms with Gasteiger partial charge in [-0.2, -0.15) is 0 Å². The SMILES string of the molecule is CC1=CC(C)(C)Nc2ccc3c(c21)C(O)(Cc1ccccc1)Oc1ccc(F)cc1-3. The molecule has 0 saturated heterocycles. The van der Waals surface area contributed by atoms with Crippen LogP contribution in [-0.4, -0.2) is 10.6 Å². The number of ether oxygens (including phenoxy) is 1. The number of nitrogens with one attached hydrogen (secondary N) is 1. The Hall–Kier alpha value is -3.11. The van der Waals surface area contributed by atoms with Crippen LogP contribution in [0.25, 0.3) is 16.7 Å². The van der Waals surface area contributed by atoms with E-state index < -0.39 is 5.79 Å². The molecule has 0 aliphatic carbocycles. The van der Waals surface area contributed by atoms with Crippen LogP contribution in [0.1, 0.15) is 37.5 Å². The molecule has 0 fully saturated rings. The summed E-state index contributed by atoms with van der Waals surface area (Å²) >= 11 is 0. The summed E-state index contributed by atoms with van der Waals surface area (Å²) in [4.78, 5) is 0. The van der Waals surface area contributed by atoms with Crippen LogP contribution < -0.4 is 10.1 Å². The lowest BCUT2D eigenvalue weighted by molar-refractivity contribution is -0.146. The van der Waals surface area contributed by atoms with Gasteiger partial charge in [0.1, 0.15) is 11.6 Å². The molecule has 3 aromatic rings. The van der Waals surface area contributed by atoms with Gasteiger partial charge in [-0.15, -0.1) is 0 Å². The predicted octanol–water partition coefficient (Wildman–Crippen LogP) is 5.88. The molecule has 0 saturated carbocycles. The van der Waals surface area contributed by atoms with E-state index >= 15 is 0 Å². The van der Waals surface area contributed by atoms with Gasteiger partial charge in [-0.1, -0.05) is 42.5 Å². The molecule has 2 aliphatic rings. The maximum Gasteiger partial charge on any atom is 0.240 e. The van der Waals surface area contributed by atoms with Crippen LogP contribution in [0.2, 0.25) is 0 Å². The van der Waals surface area contributed by atoms with Crippen molar-refractivity contribution in [2.45, 2.75) is 38.5 Å². The highest BCUT2D eigenvalue weighted by Gasteiger charge is 2.43. The van der Waals surface area contributed by atoms with E-state index in [1.54, 1.807) is 6.07 Å². The molecule has 30 heavy (non-hydrogen) atoms. The third kappa shape index (κ3) is 2.99. The molecule has 0 aromatic heterocycles. The largest absolute Gasteiger partial charge is 0.457 e. The number of halogens is 1. The Morgan fingerprint density at radius 2 is 1.77 bits per heavy atom. The van der Waals surface area contributed by atoms with E-state index in [9.17, 15) is 9.50 Å². The summed E-state index contributed by atoms with van der Waals surface area (Å²) in [5.41, 5.74) is 5.79. The van der Waals surface area contributed by atoms with E-state index in [4.69, 9.17) is 4.74 Å².